The van der Waals surface area contributed by atoms with E-state index in [0.717, 1.165) is 43.9 Å². The molecule has 0 unspecified atom stereocenters. The van der Waals surface area contributed by atoms with Crippen molar-refractivity contribution in [3.05, 3.63) is 94.5 Å². The summed E-state index contributed by atoms with van der Waals surface area (Å²) in [4.78, 5) is 18.1. The van der Waals surface area contributed by atoms with Crippen LogP contribution >= 0.6 is 11.3 Å². The number of rotatable bonds is 5. The first-order valence-electron chi connectivity index (χ1n) is 12.1. The summed E-state index contributed by atoms with van der Waals surface area (Å²) >= 11 is 1.70. The minimum absolute atomic E-state index is 0.135. The number of piperazine rings is 1. The van der Waals surface area contributed by atoms with E-state index in [1.165, 1.54) is 21.4 Å². The van der Waals surface area contributed by atoms with Gasteiger partial charge in [-0.15, -0.1) is 11.3 Å². The molecule has 0 bridgehead atoms. The molecule has 1 aliphatic rings. The van der Waals surface area contributed by atoms with Gasteiger partial charge in [-0.25, -0.2) is 0 Å². The van der Waals surface area contributed by atoms with Gasteiger partial charge in [-0.2, -0.15) is 0 Å². The largest absolute Gasteiger partial charge is 0.335 e. The molecule has 176 valence electrons. The van der Waals surface area contributed by atoms with Gasteiger partial charge in [0, 0.05) is 39.3 Å². The van der Waals surface area contributed by atoms with Gasteiger partial charge in [0.1, 0.15) is 5.69 Å². The second-order valence-electron chi connectivity index (χ2n) is 10.3. The highest BCUT2D eigenvalue weighted by Crippen LogP contribution is 2.28. The van der Waals surface area contributed by atoms with Crippen molar-refractivity contribution in [3.63, 3.8) is 0 Å². The van der Waals surface area contributed by atoms with Gasteiger partial charge in [0.05, 0.1) is 10.2 Å². The molecular formula is C29H33N3OS. The Morgan fingerprint density at radius 3 is 2.21 bits per heavy atom. The van der Waals surface area contributed by atoms with E-state index in [0.29, 0.717) is 6.54 Å². The molecule has 0 aliphatic carbocycles. The van der Waals surface area contributed by atoms with E-state index in [4.69, 9.17) is 0 Å². The van der Waals surface area contributed by atoms with E-state index in [9.17, 15) is 4.79 Å². The predicted octanol–water partition coefficient (Wildman–Crippen LogP) is 6.01. The fourth-order valence-corrected chi connectivity index (χ4v) is 5.55. The van der Waals surface area contributed by atoms with Gasteiger partial charge in [0.15, 0.2) is 0 Å². The summed E-state index contributed by atoms with van der Waals surface area (Å²) in [5.74, 6) is 0.147. The van der Waals surface area contributed by atoms with Crippen molar-refractivity contribution in [1.82, 2.24) is 14.4 Å². The molecular weight excluding hydrogens is 438 g/mol. The summed E-state index contributed by atoms with van der Waals surface area (Å²) in [7, 11) is 0. The van der Waals surface area contributed by atoms with E-state index in [1.54, 1.807) is 11.3 Å². The van der Waals surface area contributed by atoms with E-state index in [2.05, 4.69) is 102 Å². The molecule has 4 aromatic rings. The predicted molar refractivity (Wildman–Crippen MR) is 142 cm³/mol. The van der Waals surface area contributed by atoms with Crippen LogP contribution in [0.15, 0.2) is 72.1 Å². The number of hydrogen-bond acceptors (Lipinski definition) is 3. The Hall–Kier alpha value is -2.89. The molecule has 0 radical (unpaired) electrons. The third-order valence-corrected chi connectivity index (χ3v) is 7.66. The Morgan fingerprint density at radius 2 is 1.53 bits per heavy atom. The molecule has 4 nitrogen and oxygen atoms in total. The first-order valence-corrected chi connectivity index (χ1v) is 13.0. The van der Waals surface area contributed by atoms with Gasteiger partial charge in [-0.1, -0.05) is 75.4 Å². The minimum Gasteiger partial charge on any atom is -0.335 e. The molecule has 2 aromatic heterocycles. The third-order valence-electron chi connectivity index (χ3n) is 6.81. The van der Waals surface area contributed by atoms with Crippen molar-refractivity contribution in [2.24, 2.45) is 0 Å². The summed E-state index contributed by atoms with van der Waals surface area (Å²) in [6, 6.07) is 23.6. The highest BCUT2D eigenvalue weighted by atomic mass is 32.1. The van der Waals surface area contributed by atoms with Crippen molar-refractivity contribution < 1.29 is 4.79 Å². The fraction of sp³-hybridized carbons (Fsp3) is 0.345. The number of carbonyl (C=O) groups is 1. The zero-order valence-electron chi connectivity index (χ0n) is 20.3. The summed E-state index contributed by atoms with van der Waals surface area (Å²) in [6.45, 7) is 11.7. The number of carbonyl (C=O) groups excluding carboxylic acids is 1. The molecule has 1 fully saturated rings. The molecule has 5 rings (SSSR count). The first-order chi connectivity index (χ1) is 16.4. The monoisotopic (exact) mass is 471 g/mol. The zero-order chi connectivity index (χ0) is 23.7. The van der Waals surface area contributed by atoms with Crippen molar-refractivity contribution >= 4 is 27.5 Å². The van der Waals surface area contributed by atoms with Crippen LogP contribution in [-0.4, -0.2) is 46.5 Å². The van der Waals surface area contributed by atoms with Crippen LogP contribution in [-0.2, 0) is 18.5 Å². The van der Waals surface area contributed by atoms with Crippen LogP contribution in [0.1, 0.15) is 48.0 Å². The van der Waals surface area contributed by atoms with Gasteiger partial charge in [0.2, 0.25) is 0 Å². The molecule has 1 amide bonds. The number of amides is 1. The second kappa shape index (κ2) is 9.40. The lowest BCUT2D eigenvalue weighted by atomic mass is 9.87. The number of benzene rings is 2. The lowest BCUT2D eigenvalue weighted by Gasteiger charge is -2.35. The maximum atomic E-state index is 13.6. The quantitative estimate of drug-likeness (QED) is 0.357. The van der Waals surface area contributed by atoms with E-state index >= 15 is 0 Å². The smallest absolute Gasteiger partial charge is 0.270 e. The van der Waals surface area contributed by atoms with E-state index in [1.807, 2.05) is 4.90 Å². The second-order valence-corrected chi connectivity index (χ2v) is 11.2. The van der Waals surface area contributed by atoms with Crippen molar-refractivity contribution in [2.45, 2.75) is 39.3 Å². The molecule has 0 saturated carbocycles. The normalized spacial score (nSPS) is 15.2. The summed E-state index contributed by atoms with van der Waals surface area (Å²) in [5, 5.41) is 2.11. The van der Waals surface area contributed by atoms with Gasteiger partial charge >= 0.3 is 0 Å². The molecule has 3 heterocycles. The number of aromatic nitrogens is 1. The van der Waals surface area contributed by atoms with Crippen LogP contribution in [0, 0.1) is 0 Å². The molecule has 1 aliphatic heterocycles. The Balaban J connectivity index is 1.32. The minimum atomic E-state index is 0.135. The van der Waals surface area contributed by atoms with Gasteiger partial charge in [0.25, 0.3) is 5.91 Å². The first kappa shape index (κ1) is 22.9. The lowest BCUT2D eigenvalue weighted by molar-refractivity contribution is 0.0619. The van der Waals surface area contributed by atoms with Gasteiger partial charge in [-0.3, -0.25) is 9.69 Å². The fourth-order valence-electron chi connectivity index (χ4n) is 4.73. The Kier molecular flexibility index (Phi) is 6.32. The van der Waals surface area contributed by atoms with Crippen LogP contribution in [0.5, 0.6) is 0 Å². The van der Waals surface area contributed by atoms with Crippen molar-refractivity contribution in [1.29, 1.82) is 0 Å². The summed E-state index contributed by atoms with van der Waals surface area (Å²) in [6.07, 6.45) is 0. The number of nitrogens with zero attached hydrogens (tertiary/aromatic N) is 3. The third kappa shape index (κ3) is 4.82. The van der Waals surface area contributed by atoms with Crippen molar-refractivity contribution in [3.8, 4) is 0 Å². The highest BCUT2D eigenvalue weighted by molar-refractivity contribution is 7.17. The van der Waals surface area contributed by atoms with Crippen LogP contribution in [0.3, 0.4) is 0 Å². The van der Waals surface area contributed by atoms with Gasteiger partial charge in [-0.05, 0) is 39.6 Å². The number of hydrogen-bond donors (Lipinski definition) is 0. The zero-order valence-corrected chi connectivity index (χ0v) is 21.1. The number of thiophene rings is 1. The molecule has 0 atom stereocenters. The molecule has 0 spiro atoms. The van der Waals surface area contributed by atoms with Gasteiger partial charge < -0.3 is 9.47 Å². The summed E-state index contributed by atoms with van der Waals surface area (Å²) < 4.78 is 3.38. The van der Waals surface area contributed by atoms with Crippen LogP contribution < -0.4 is 0 Å². The number of fused-ring (bicyclic) bond motifs is 1. The average molecular weight is 472 g/mol. The molecule has 5 heteroatoms. The Morgan fingerprint density at radius 1 is 0.853 bits per heavy atom. The van der Waals surface area contributed by atoms with Crippen LogP contribution in [0.2, 0.25) is 0 Å². The highest BCUT2D eigenvalue weighted by Gasteiger charge is 2.26. The molecule has 0 N–H and O–H groups in total. The topological polar surface area (TPSA) is 28.5 Å². The van der Waals surface area contributed by atoms with E-state index in [-0.39, 0.29) is 11.3 Å². The molecule has 2 aromatic carbocycles. The standard InChI is InChI=1S/C29H33N3OS/c1-29(2,3)24-11-9-23(10-12-24)21-32-25-13-18-34-27(25)19-26(32)28(33)31-16-14-30(15-17-31)20-22-7-5-4-6-8-22/h4-13,18-19H,14-17,20-21H2,1-3H3. The SMILES string of the molecule is CC(C)(C)c1ccc(Cn2c(C(=O)N3CCN(Cc4ccccc4)CC3)cc3sccc32)cc1. The van der Waals surface area contributed by atoms with Crippen molar-refractivity contribution in [2.75, 3.05) is 26.2 Å². The lowest BCUT2D eigenvalue weighted by Crippen LogP contribution is -2.48. The molecule has 34 heavy (non-hydrogen) atoms. The maximum absolute atomic E-state index is 13.6. The van der Waals surface area contributed by atoms with E-state index < -0.39 is 0 Å². The Labute approximate surface area is 206 Å². The maximum Gasteiger partial charge on any atom is 0.270 e. The summed E-state index contributed by atoms with van der Waals surface area (Å²) in [5.41, 5.74) is 5.96. The van der Waals surface area contributed by atoms with Crippen LogP contribution in [0.25, 0.3) is 10.2 Å². The Bertz CT molecular complexity index is 1260. The molecule has 1 saturated heterocycles. The van der Waals surface area contributed by atoms with Crippen LogP contribution in [0.4, 0.5) is 0 Å². The average Bonchev–Trinajstić information content (AvgIpc) is 3.42.